The van der Waals surface area contributed by atoms with Gasteiger partial charge in [0.25, 0.3) is 11.7 Å². The van der Waals surface area contributed by atoms with Crippen LogP contribution in [0.2, 0.25) is 0 Å². The van der Waals surface area contributed by atoms with E-state index in [1.807, 2.05) is 0 Å². The largest absolute Gasteiger partial charge is 0.341 e. The average molecular weight is 355 g/mol. The van der Waals surface area contributed by atoms with E-state index in [1.165, 1.54) is 6.07 Å². The molecule has 1 aromatic rings. The second-order valence-electron chi connectivity index (χ2n) is 5.09. The van der Waals surface area contributed by atoms with Gasteiger partial charge < -0.3 is 4.90 Å². The monoisotopic (exact) mass is 354 g/mol. The van der Waals surface area contributed by atoms with Gasteiger partial charge in [-0.05, 0) is 40.9 Å². The van der Waals surface area contributed by atoms with Crippen molar-refractivity contribution in [3.05, 3.63) is 28.0 Å². The lowest BCUT2D eigenvalue weighted by molar-refractivity contribution is -0.129. The Morgan fingerprint density at radius 1 is 1.24 bits per heavy atom. The number of carbonyl (C=O) groups is 3. The fourth-order valence-corrected chi connectivity index (χ4v) is 2.99. The summed E-state index contributed by atoms with van der Waals surface area (Å²) in [6.07, 6.45) is 1.88. The Kier molecular flexibility index (Phi) is 3.52. The van der Waals surface area contributed by atoms with Crippen LogP contribution in [0.3, 0.4) is 0 Å². The molecule has 2 aliphatic rings. The van der Waals surface area contributed by atoms with E-state index in [2.05, 4.69) is 15.9 Å². The maximum atomic E-state index is 13.6. The molecule has 110 valence electrons. The number of nitrogens with zero attached hydrogens (tertiary/aromatic N) is 2. The zero-order valence-electron chi connectivity index (χ0n) is 11.1. The molecule has 0 bridgehead atoms. The first-order valence-electron chi connectivity index (χ1n) is 6.62. The normalized spacial score (nSPS) is 17.6. The SMILES string of the molecule is O=C1C(=O)N(CC(=O)N2CCCC2)c2cc(F)c(Br)cc21. The van der Waals surface area contributed by atoms with Crippen LogP contribution in [0, 0.1) is 5.82 Å². The van der Waals surface area contributed by atoms with Crippen LogP contribution in [0.5, 0.6) is 0 Å². The molecule has 0 saturated carbocycles. The maximum absolute atomic E-state index is 13.6. The lowest BCUT2D eigenvalue weighted by atomic mass is 10.1. The number of rotatable bonds is 2. The summed E-state index contributed by atoms with van der Waals surface area (Å²) in [5.74, 6) is -2.28. The number of hydrogen-bond acceptors (Lipinski definition) is 3. The summed E-state index contributed by atoms with van der Waals surface area (Å²) in [7, 11) is 0. The molecule has 7 heteroatoms. The lowest BCUT2D eigenvalue weighted by Gasteiger charge is -2.21. The molecule has 0 N–H and O–H groups in total. The predicted molar refractivity (Wildman–Crippen MR) is 76.6 cm³/mol. The van der Waals surface area contributed by atoms with Crippen LogP contribution in [0.25, 0.3) is 0 Å². The van der Waals surface area contributed by atoms with Crippen molar-refractivity contribution in [3.8, 4) is 0 Å². The first-order valence-corrected chi connectivity index (χ1v) is 7.41. The quantitative estimate of drug-likeness (QED) is 0.760. The minimum absolute atomic E-state index is 0.120. The number of hydrogen-bond donors (Lipinski definition) is 0. The van der Waals surface area contributed by atoms with Crippen molar-refractivity contribution in [1.82, 2.24) is 4.90 Å². The summed E-state index contributed by atoms with van der Waals surface area (Å²) in [5.41, 5.74) is 0.292. The summed E-state index contributed by atoms with van der Waals surface area (Å²) in [5, 5.41) is 0. The molecule has 2 aliphatic heterocycles. The fourth-order valence-electron chi connectivity index (χ4n) is 2.65. The van der Waals surface area contributed by atoms with E-state index >= 15 is 0 Å². The number of fused-ring (bicyclic) bond motifs is 1. The van der Waals surface area contributed by atoms with Crippen molar-refractivity contribution in [2.24, 2.45) is 0 Å². The standard InChI is InChI=1S/C14H12BrFN2O3/c15-9-5-8-11(6-10(9)16)18(14(21)13(8)20)7-12(19)17-3-1-2-4-17/h5-6H,1-4,7H2. The number of likely N-dealkylation sites (tertiary alicyclic amines) is 1. The zero-order valence-corrected chi connectivity index (χ0v) is 12.7. The van der Waals surface area contributed by atoms with Crippen LogP contribution < -0.4 is 4.90 Å². The van der Waals surface area contributed by atoms with Crippen molar-refractivity contribution in [3.63, 3.8) is 0 Å². The van der Waals surface area contributed by atoms with Gasteiger partial charge in [0, 0.05) is 13.1 Å². The molecular formula is C14H12BrFN2O3. The zero-order chi connectivity index (χ0) is 15.1. The van der Waals surface area contributed by atoms with Gasteiger partial charge in [-0.1, -0.05) is 0 Å². The number of amides is 2. The molecule has 0 atom stereocenters. The van der Waals surface area contributed by atoms with Crippen LogP contribution >= 0.6 is 15.9 Å². The van der Waals surface area contributed by atoms with Crippen LogP contribution in [0.1, 0.15) is 23.2 Å². The third-order valence-electron chi connectivity index (χ3n) is 3.77. The van der Waals surface area contributed by atoms with E-state index in [9.17, 15) is 18.8 Å². The number of carbonyl (C=O) groups excluding carboxylic acids is 3. The van der Waals surface area contributed by atoms with E-state index in [4.69, 9.17) is 0 Å². The molecule has 0 aliphatic carbocycles. The molecule has 0 spiro atoms. The predicted octanol–water partition coefficient (Wildman–Crippen LogP) is 1.74. The van der Waals surface area contributed by atoms with Gasteiger partial charge in [0.1, 0.15) is 12.4 Å². The summed E-state index contributed by atoms with van der Waals surface area (Å²) >= 11 is 2.99. The molecular weight excluding hydrogens is 343 g/mol. The molecule has 1 fully saturated rings. The Hall–Kier alpha value is -1.76. The van der Waals surface area contributed by atoms with E-state index < -0.39 is 17.5 Å². The second kappa shape index (κ2) is 5.22. The molecule has 5 nitrogen and oxygen atoms in total. The van der Waals surface area contributed by atoms with Gasteiger partial charge in [0.05, 0.1) is 15.7 Å². The van der Waals surface area contributed by atoms with Crippen molar-refractivity contribution >= 4 is 39.2 Å². The van der Waals surface area contributed by atoms with E-state index in [1.54, 1.807) is 4.90 Å². The molecule has 1 saturated heterocycles. The number of Topliss-reactive ketones (excluding diaryl/α,β-unsaturated/α-hetero) is 1. The summed E-state index contributed by atoms with van der Waals surface area (Å²) in [6.45, 7) is 1.10. The summed E-state index contributed by atoms with van der Waals surface area (Å²) < 4.78 is 13.8. The smallest absolute Gasteiger partial charge is 0.299 e. The second-order valence-corrected chi connectivity index (χ2v) is 5.95. The van der Waals surface area contributed by atoms with Crippen molar-refractivity contribution in [2.75, 3.05) is 24.5 Å². The van der Waals surface area contributed by atoms with Gasteiger partial charge in [-0.15, -0.1) is 0 Å². The van der Waals surface area contributed by atoms with Crippen molar-refractivity contribution < 1.29 is 18.8 Å². The third-order valence-corrected chi connectivity index (χ3v) is 4.37. The molecule has 0 aromatic heterocycles. The molecule has 0 unspecified atom stereocenters. The molecule has 0 radical (unpaired) electrons. The Morgan fingerprint density at radius 3 is 2.57 bits per heavy atom. The molecule has 1 aromatic carbocycles. The number of halogens is 2. The van der Waals surface area contributed by atoms with Crippen LogP contribution in [0.4, 0.5) is 10.1 Å². The lowest BCUT2D eigenvalue weighted by Crippen LogP contribution is -2.41. The van der Waals surface area contributed by atoms with E-state index in [-0.39, 0.29) is 28.2 Å². The molecule has 2 amide bonds. The Balaban J connectivity index is 1.90. The van der Waals surface area contributed by atoms with Gasteiger partial charge in [-0.25, -0.2) is 4.39 Å². The Bertz CT molecular complexity index is 656. The van der Waals surface area contributed by atoms with Crippen LogP contribution in [-0.4, -0.2) is 42.1 Å². The highest BCUT2D eigenvalue weighted by atomic mass is 79.9. The molecule has 3 rings (SSSR count). The number of ketones is 1. The highest BCUT2D eigenvalue weighted by Gasteiger charge is 2.38. The Labute approximate surface area is 128 Å². The number of anilines is 1. The van der Waals surface area contributed by atoms with Gasteiger partial charge in [-0.2, -0.15) is 0 Å². The molecule has 2 heterocycles. The van der Waals surface area contributed by atoms with E-state index in [0.29, 0.717) is 13.1 Å². The highest BCUT2D eigenvalue weighted by molar-refractivity contribution is 9.10. The third kappa shape index (κ3) is 2.35. The van der Waals surface area contributed by atoms with Gasteiger partial charge in [0.15, 0.2) is 0 Å². The maximum Gasteiger partial charge on any atom is 0.299 e. The summed E-state index contributed by atoms with van der Waals surface area (Å²) in [4.78, 5) is 38.8. The van der Waals surface area contributed by atoms with Gasteiger partial charge in [-0.3, -0.25) is 19.3 Å². The van der Waals surface area contributed by atoms with E-state index in [0.717, 1.165) is 23.8 Å². The van der Waals surface area contributed by atoms with Crippen molar-refractivity contribution in [2.45, 2.75) is 12.8 Å². The van der Waals surface area contributed by atoms with Crippen LogP contribution in [0.15, 0.2) is 16.6 Å². The molecule has 21 heavy (non-hydrogen) atoms. The minimum Gasteiger partial charge on any atom is -0.341 e. The average Bonchev–Trinajstić information content (AvgIpc) is 3.05. The van der Waals surface area contributed by atoms with Crippen molar-refractivity contribution in [1.29, 1.82) is 0 Å². The van der Waals surface area contributed by atoms with Gasteiger partial charge in [0.2, 0.25) is 5.91 Å². The van der Waals surface area contributed by atoms with Crippen LogP contribution in [-0.2, 0) is 9.59 Å². The first kappa shape index (κ1) is 14.2. The Morgan fingerprint density at radius 2 is 1.90 bits per heavy atom. The minimum atomic E-state index is -0.782. The van der Waals surface area contributed by atoms with Gasteiger partial charge >= 0.3 is 0 Å². The number of benzene rings is 1. The summed E-state index contributed by atoms with van der Waals surface area (Å²) in [6, 6.07) is 2.39. The highest BCUT2D eigenvalue weighted by Crippen LogP contribution is 2.33. The first-order chi connectivity index (χ1) is 9.99. The fraction of sp³-hybridized carbons (Fsp3) is 0.357. The topological polar surface area (TPSA) is 57.7 Å².